The van der Waals surface area contributed by atoms with Gasteiger partial charge in [-0.15, -0.1) is 11.6 Å². The fourth-order valence-corrected chi connectivity index (χ4v) is 2.99. The molecule has 0 aliphatic carbocycles. The van der Waals surface area contributed by atoms with Crippen molar-refractivity contribution in [1.29, 1.82) is 0 Å². The van der Waals surface area contributed by atoms with E-state index >= 15 is 0 Å². The van der Waals surface area contributed by atoms with E-state index in [4.69, 9.17) is 16.7 Å². The lowest BCUT2D eigenvalue weighted by Gasteiger charge is -2.07. The lowest BCUT2D eigenvalue weighted by atomic mass is 10.1. The summed E-state index contributed by atoms with van der Waals surface area (Å²) in [6.07, 6.45) is 4.17. The van der Waals surface area contributed by atoms with Crippen LogP contribution in [0.3, 0.4) is 0 Å². The Hall–Kier alpha value is -1.28. The van der Waals surface area contributed by atoms with Gasteiger partial charge < -0.3 is 0 Å². The van der Waals surface area contributed by atoms with Crippen LogP contribution in [0.4, 0.5) is 0 Å². The van der Waals surface area contributed by atoms with Crippen molar-refractivity contribution >= 4 is 11.6 Å². The molecule has 3 heteroatoms. The molecular weight excluding hydrogens is 268 g/mol. The standard InChI is InChI=1S/C17H23ClN2/c1-3-16-15(13-18)17(4-2)20(19-16)12-8-11-14-9-6-5-7-10-14/h5-7,9-10H,3-4,8,11-13H2,1-2H3. The average Bonchev–Trinajstić information content (AvgIpc) is 2.85. The van der Waals surface area contributed by atoms with Crippen LogP contribution in [0, 0.1) is 0 Å². The molecule has 2 rings (SSSR count). The van der Waals surface area contributed by atoms with Crippen molar-refractivity contribution in [2.45, 2.75) is 52.0 Å². The Morgan fingerprint density at radius 3 is 2.45 bits per heavy atom. The number of hydrogen-bond acceptors (Lipinski definition) is 1. The van der Waals surface area contributed by atoms with Crippen LogP contribution in [-0.2, 0) is 31.7 Å². The first-order valence-corrected chi connectivity index (χ1v) is 8.00. The molecule has 20 heavy (non-hydrogen) atoms. The number of hydrogen-bond donors (Lipinski definition) is 0. The Morgan fingerprint density at radius 2 is 1.85 bits per heavy atom. The second-order valence-corrected chi connectivity index (χ2v) is 5.29. The first kappa shape index (κ1) is 15.1. The molecule has 0 N–H and O–H groups in total. The van der Waals surface area contributed by atoms with Crippen molar-refractivity contribution < 1.29 is 0 Å². The van der Waals surface area contributed by atoms with Crippen molar-refractivity contribution in [2.24, 2.45) is 0 Å². The molecule has 0 saturated carbocycles. The van der Waals surface area contributed by atoms with Crippen LogP contribution in [0.5, 0.6) is 0 Å². The first-order valence-electron chi connectivity index (χ1n) is 7.47. The summed E-state index contributed by atoms with van der Waals surface area (Å²) in [7, 11) is 0. The summed E-state index contributed by atoms with van der Waals surface area (Å²) in [5.74, 6) is 0.574. The number of aromatic nitrogens is 2. The van der Waals surface area contributed by atoms with E-state index in [2.05, 4.69) is 48.9 Å². The summed E-state index contributed by atoms with van der Waals surface area (Å²) in [5.41, 5.74) is 5.11. The maximum absolute atomic E-state index is 6.08. The van der Waals surface area contributed by atoms with Gasteiger partial charge in [-0.3, -0.25) is 4.68 Å². The van der Waals surface area contributed by atoms with Crippen LogP contribution in [0.25, 0.3) is 0 Å². The van der Waals surface area contributed by atoms with Gasteiger partial charge in [-0.25, -0.2) is 0 Å². The van der Waals surface area contributed by atoms with Gasteiger partial charge in [-0.2, -0.15) is 5.10 Å². The Morgan fingerprint density at radius 1 is 1.10 bits per heavy atom. The van der Waals surface area contributed by atoms with Crippen LogP contribution >= 0.6 is 11.6 Å². The van der Waals surface area contributed by atoms with Gasteiger partial charge in [0.15, 0.2) is 0 Å². The van der Waals surface area contributed by atoms with E-state index in [0.717, 1.165) is 37.9 Å². The molecule has 0 unspecified atom stereocenters. The largest absolute Gasteiger partial charge is 0.269 e. The third kappa shape index (κ3) is 3.43. The Balaban J connectivity index is 2.04. The maximum Gasteiger partial charge on any atom is 0.0668 e. The molecule has 0 aliphatic rings. The van der Waals surface area contributed by atoms with Crippen molar-refractivity contribution in [3.63, 3.8) is 0 Å². The van der Waals surface area contributed by atoms with E-state index < -0.39 is 0 Å². The summed E-state index contributed by atoms with van der Waals surface area (Å²) in [4.78, 5) is 0. The number of nitrogens with zero attached hydrogens (tertiary/aromatic N) is 2. The second-order valence-electron chi connectivity index (χ2n) is 5.02. The highest BCUT2D eigenvalue weighted by molar-refractivity contribution is 6.17. The third-order valence-corrected chi connectivity index (χ3v) is 4.00. The topological polar surface area (TPSA) is 17.8 Å². The van der Waals surface area contributed by atoms with Gasteiger partial charge in [0.2, 0.25) is 0 Å². The normalized spacial score (nSPS) is 10.9. The van der Waals surface area contributed by atoms with E-state index in [1.165, 1.54) is 16.8 Å². The highest BCUT2D eigenvalue weighted by Crippen LogP contribution is 2.19. The molecule has 0 spiro atoms. The highest BCUT2D eigenvalue weighted by Gasteiger charge is 2.14. The van der Waals surface area contributed by atoms with Crippen LogP contribution < -0.4 is 0 Å². The predicted octanol–water partition coefficient (Wildman–Crippen LogP) is 4.38. The molecule has 0 atom stereocenters. The molecule has 108 valence electrons. The molecule has 0 radical (unpaired) electrons. The average molecular weight is 291 g/mol. The number of halogens is 1. The molecule has 1 aromatic carbocycles. The zero-order valence-electron chi connectivity index (χ0n) is 12.4. The molecule has 0 aliphatic heterocycles. The molecular formula is C17H23ClN2. The number of rotatable bonds is 7. The molecule has 2 nitrogen and oxygen atoms in total. The quantitative estimate of drug-likeness (QED) is 0.692. The lowest BCUT2D eigenvalue weighted by molar-refractivity contribution is 0.551. The number of aryl methyl sites for hydroxylation is 3. The molecule has 1 heterocycles. The van der Waals surface area contributed by atoms with E-state index in [-0.39, 0.29) is 0 Å². The van der Waals surface area contributed by atoms with Crippen molar-refractivity contribution in [3.8, 4) is 0 Å². The molecule has 0 amide bonds. The van der Waals surface area contributed by atoms with Crippen LogP contribution in [0.15, 0.2) is 30.3 Å². The van der Waals surface area contributed by atoms with Gasteiger partial charge in [0.05, 0.1) is 11.6 Å². The highest BCUT2D eigenvalue weighted by atomic mass is 35.5. The minimum Gasteiger partial charge on any atom is -0.269 e. The molecule has 2 aromatic rings. The summed E-state index contributed by atoms with van der Waals surface area (Å²) in [6, 6.07) is 10.6. The number of alkyl halides is 1. The van der Waals surface area contributed by atoms with Crippen LogP contribution in [0.2, 0.25) is 0 Å². The minimum absolute atomic E-state index is 0.574. The fourth-order valence-electron chi connectivity index (χ4n) is 2.69. The maximum atomic E-state index is 6.08. The molecule has 0 saturated heterocycles. The van der Waals surface area contributed by atoms with E-state index in [9.17, 15) is 0 Å². The Kier molecular flexibility index (Phi) is 5.66. The first-order chi connectivity index (χ1) is 9.80. The van der Waals surface area contributed by atoms with Gasteiger partial charge in [0, 0.05) is 17.8 Å². The zero-order valence-corrected chi connectivity index (χ0v) is 13.2. The monoisotopic (exact) mass is 290 g/mol. The van der Waals surface area contributed by atoms with Crippen molar-refractivity contribution in [3.05, 3.63) is 52.8 Å². The van der Waals surface area contributed by atoms with Crippen molar-refractivity contribution in [1.82, 2.24) is 9.78 Å². The third-order valence-electron chi connectivity index (χ3n) is 3.73. The summed E-state index contributed by atoms with van der Waals surface area (Å²) in [6.45, 7) is 5.30. The van der Waals surface area contributed by atoms with E-state index in [0.29, 0.717) is 5.88 Å². The SMILES string of the molecule is CCc1nn(CCCc2ccccc2)c(CC)c1CCl. The van der Waals surface area contributed by atoms with Crippen molar-refractivity contribution in [2.75, 3.05) is 0 Å². The Labute approximate surface area is 126 Å². The van der Waals surface area contributed by atoms with Gasteiger partial charge in [-0.1, -0.05) is 44.2 Å². The smallest absolute Gasteiger partial charge is 0.0668 e. The minimum atomic E-state index is 0.574. The molecule has 1 aromatic heterocycles. The van der Waals surface area contributed by atoms with E-state index in [1.54, 1.807) is 0 Å². The fraction of sp³-hybridized carbons (Fsp3) is 0.471. The molecule has 0 fully saturated rings. The summed E-state index contributed by atoms with van der Waals surface area (Å²) in [5, 5.41) is 4.73. The molecule has 0 bridgehead atoms. The van der Waals surface area contributed by atoms with E-state index in [1.807, 2.05) is 0 Å². The number of benzene rings is 1. The van der Waals surface area contributed by atoms with Gasteiger partial charge in [0.1, 0.15) is 0 Å². The van der Waals surface area contributed by atoms with Gasteiger partial charge in [-0.05, 0) is 31.2 Å². The van der Waals surface area contributed by atoms with Crippen LogP contribution in [-0.4, -0.2) is 9.78 Å². The Bertz CT molecular complexity index is 531. The predicted molar refractivity (Wildman–Crippen MR) is 85.3 cm³/mol. The zero-order chi connectivity index (χ0) is 14.4. The second kappa shape index (κ2) is 7.49. The van der Waals surface area contributed by atoms with Gasteiger partial charge >= 0.3 is 0 Å². The summed E-state index contributed by atoms with van der Waals surface area (Å²) >= 11 is 6.08. The van der Waals surface area contributed by atoms with Crippen LogP contribution in [0.1, 0.15) is 42.8 Å². The summed E-state index contributed by atoms with van der Waals surface area (Å²) < 4.78 is 2.17. The lowest BCUT2D eigenvalue weighted by Crippen LogP contribution is -2.06. The van der Waals surface area contributed by atoms with Gasteiger partial charge in [0.25, 0.3) is 0 Å².